The Labute approximate surface area is 109 Å². The van der Waals surface area contributed by atoms with Gasteiger partial charge >= 0.3 is 5.97 Å². The number of carbonyl (C=O) groups is 1. The van der Waals surface area contributed by atoms with Crippen molar-refractivity contribution in [1.29, 1.82) is 0 Å². The highest BCUT2D eigenvalue weighted by molar-refractivity contribution is 7.91. The first-order chi connectivity index (χ1) is 8.88. The molecule has 3 rings (SSSR count). The number of hydrogen-bond acceptors (Lipinski definition) is 4. The van der Waals surface area contributed by atoms with Crippen LogP contribution in [0.5, 0.6) is 0 Å². The monoisotopic (exact) mass is 280 g/mol. The normalized spacial score (nSPS) is 22.6. The van der Waals surface area contributed by atoms with Crippen molar-refractivity contribution in [1.82, 2.24) is 9.97 Å². The highest BCUT2D eigenvalue weighted by atomic mass is 32.2. The average molecular weight is 280 g/mol. The van der Waals surface area contributed by atoms with E-state index >= 15 is 0 Å². The molecule has 1 saturated carbocycles. The van der Waals surface area contributed by atoms with Crippen LogP contribution in [0, 0.1) is 5.92 Å². The average Bonchev–Trinajstić information content (AvgIpc) is 3.00. The number of H-pyrrole nitrogens is 1. The minimum absolute atomic E-state index is 0.141. The molecule has 6 nitrogen and oxygen atoms in total. The summed E-state index contributed by atoms with van der Waals surface area (Å²) in [6.07, 6.45) is 1.68. The van der Waals surface area contributed by atoms with E-state index in [0.29, 0.717) is 23.3 Å². The molecule has 1 aromatic heterocycles. The van der Waals surface area contributed by atoms with Gasteiger partial charge in [0.05, 0.1) is 16.3 Å². The summed E-state index contributed by atoms with van der Waals surface area (Å²) in [6, 6.07) is 4.88. The van der Waals surface area contributed by atoms with Crippen LogP contribution in [0.2, 0.25) is 0 Å². The van der Waals surface area contributed by atoms with Crippen LogP contribution in [-0.4, -0.2) is 35.7 Å². The molecule has 0 spiro atoms. The molecule has 2 atom stereocenters. The van der Waals surface area contributed by atoms with Crippen LogP contribution in [-0.2, 0) is 14.6 Å². The lowest BCUT2D eigenvalue weighted by molar-refractivity contribution is -0.138. The van der Waals surface area contributed by atoms with Crippen molar-refractivity contribution in [2.75, 3.05) is 6.26 Å². The predicted molar refractivity (Wildman–Crippen MR) is 67.7 cm³/mol. The molecule has 2 unspecified atom stereocenters. The second-order valence-electron chi connectivity index (χ2n) is 4.83. The summed E-state index contributed by atoms with van der Waals surface area (Å²) in [5.74, 6) is -0.841. The Balaban J connectivity index is 2.10. The van der Waals surface area contributed by atoms with E-state index in [2.05, 4.69) is 9.97 Å². The number of fused-ring (bicyclic) bond motifs is 1. The molecule has 0 saturated heterocycles. The van der Waals surface area contributed by atoms with Crippen LogP contribution >= 0.6 is 0 Å². The van der Waals surface area contributed by atoms with Crippen molar-refractivity contribution in [3.05, 3.63) is 24.0 Å². The molecule has 1 heterocycles. The van der Waals surface area contributed by atoms with Crippen LogP contribution in [0.1, 0.15) is 18.2 Å². The van der Waals surface area contributed by atoms with Gasteiger partial charge in [-0.1, -0.05) is 6.07 Å². The zero-order valence-corrected chi connectivity index (χ0v) is 10.9. The molecule has 2 aromatic rings. The zero-order chi connectivity index (χ0) is 13.8. The molecule has 1 fully saturated rings. The number of aliphatic carboxylic acids is 1. The van der Waals surface area contributed by atoms with Gasteiger partial charge in [-0.3, -0.25) is 4.79 Å². The van der Waals surface area contributed by atoms with Crippen molar-refractivity contribution in [2.45, 2.75) is 17.2 Å². The van der Waals surface area contributed by atoms with Crippen LogP contribution in [0.25, 0.3) is 11.0 Å². The SMILES string of the molecule is CS(=O)(=O)c1cccc2[nH]c(C3CC3C(=O)O)nc12. The third kappa shape index (κ3) is 1.99. The number of nitrogens with zero attached hydrogens (tertiary/aromatic N) is 1. The second-order valence-corrected chi connectivity index (χ2v) is 6.82. The minimum atomic E-state index is -3.35. The predicted octanol–water partition coefficient (Wildman–Crippen LogP) is 1.15. The number of imidazole rings is 1. The Bertz CT molecular complexity index is 778. The number of sulfone groups is 1. The van der Waals surface area contributed by atoms with Crippen LogP contribution in [0.15, 0.2) is 23.1 Å². The van der Waals surface area contributed by atoms with E-state index in [1.165, 1.54) is 6.07 Å². The molecule has 0 radical (unpaired) electrons. The molecular weight excluding hydrogens is 268 g/mol. The number of hydrogen-bond donors (Lipinski definition) is 2. The summed E-state index contributed by atoms with van der Waals surface area (Å²) in [5.41, 5.74) is 1.00. The fraction of sp³-hybridized carbons (Fsp3) is 0.333. The molecule has 0 bridgehead atoms. The Morgan fingerprint density at radius 2 is 2.21 bits per heavy atom. The topological polar surface area (TPSA) is 100 Å². The number of benzene rings is 1. The summed E-state index contributed by atoms with van der Waals surface area (Å²) >= 11 is 0. The number of rotatable bonds is 3. The molecule has 1 aliphatic carbocycles. The van der Waals surface area contributed by atoms with E-state index in [4.69, 9.17) is 5.11 Å². The number of carboxylic acids is 1. The quantitative estimate of drug-likeness (QED) is 0.878. The molecule has 7 heteroatoms. The lowest BCUT2D eigenvalue weighted by Gasteiger charge is -1.97. The zero-order valence-electron chi connectivity index (χ0n) is 10.1. The molecule has 1 aliphatic rings. The van der Waals surface area contributed by atoms with E-state index in [1.807, 2.05) is 0 Å². The Hall–Kier alpha value is -1.89. The van der Waals surface area contributed by atoms with Gasteiger partial charge in [0.25, 0.3) is 0 Å². The van der Waals surface area contributed by atoms with Gasteiger partial charge in [-0.15, -0.1) is 0 Å². The van der Waals surface area contributed by atoms with Gasteiger partial charge < -0.3 is 10.1 Å². The van der Waals surface area contributed by atoms with E-state index in [0.717, 1.165) is 6.26 Å². The highest BCUT2D eigenvalue weighted by Crippen LogP contribution is 2.46. The Kier molecular flexibility index (Phi) is 2.43. The number of aromatic nitrogens is 2. The number of nitrogens with one attached hydrogen (secondary N) is 1. The lowest BCUT2D eigenvalue weighted by Crippen LogP contribution is -2.00. The molecule has 1 aromatic carbocycles. The fourth-order valence-electron chi connectivity index (χ4n) is 2.27. The van der Waals surface area contributed by atoms with Crippen molar-refractivity contribution in [3.63, 3.8) is 0 Å². The first kappa shape index (κ1) is 12.2. The largest absolute Gasteiger partial charge is 0.481 e. The molecule has 0 aliphatic heterocycles. The Morgan fingerprint density at radius 1 is 1.47 bits per heavy atom. The van der Waals surface area contributed by atoms with Crippen LogP contribution in [0.3, 0.4) is 0 Å². The first-order valence-electron chi connectivity index (χ1n) is 5.79. The van der Waals surface area contributed by atoms with Gasteiger partial charge in [0.2, 0.25) is 0 Å². The van der Waals surface area contributed by atoms with Gasteiger partial charge in [-0.05, 0) is 18.6 Å². The summed E-state index contributed by atoms with van der Waals surface area (Å²) in [5, 5.41) is 8.91. The highest BCUT2D eigenvalue weighted by Gasteiger charge is 2.46. The van der Waals surface area contributed by atoms with Crippen LogP contribution in [0.4, 0.5) is 0 Å². The van der Waals surface area contributed by atoms with E-state index in [1.54, 1.807) is 12.1 Å². The van der Waals surface area contributed by atoms with Gasteiger partial charge in [0, 0.05) is 12.2 Å². The summed E-state index contributed by atoms with van der Waals surface area (Å²) < 4.78 is 23.3. The number of aromatic amines is 1. The Morgan fingerprint density at radius 3 is 2.79 bits per heavy atom. The summed E-state index contributed by atoms with van der Waals surface area (Å²) in [4.78, 5) is 18.3. The molecule has 0 amide bonds. The maximum Gasteiger partial charge on any atom is 0.307 e. The van der Waals surface area contributed by atoms with Crippen LogP contribution < -0.4 is 0 Å². The van der Waals surface area contributed by atoms with Gasteiger partial charge in [-0.25, -0.2) is 13.4 Å². The number of carboxylic acid groups (broad SMARTS) is 1. The second kappa shape index (κ2) is 3.80. The summed E-state index contributed by atoms with van der Waals surface area (Å²) in [6.45, 7) is 0. The van der Waals surface area contributed by atoms with Crippen molar-refractivity contribution in [2.24, 2.45) is 5.92 Å². The third-order valence-corrected chi connectivity index (χ3v) is 4.48. The molecule has 2 N–H and O–H groups in total. The van der Waals surface area contributed by atoms with E-state index < -0.39 is 21.7 Å². The standard InChI is InChI=1S/C12H12N2O4S/c1-19(17,18)9-4-2-3-8-10(9)14-11(13-8)6-5-7(6)12(15)16/h2-4,6-7H,5H2,1H3,(H,13,14)(H,15,16). The van der Waals surface area contributed by atoms with Gasteiger partial charge in [-0.2, -0.15) is 0 Å². The molecular formula is C12H12N2O4S. The third-order valence-electron chi connectivity index (χ3n) is 3.35. The van der Waals surface area contributed by atoms with E-state index in [9.17, 15) is 13.2 Å². The fourth-order valence-corrected chi connectivity index (χ4v) is 3.10. The maximum absolute atomic E-state index is 11.7. The molecule has 100 valence electrons. The van der Waals surface area contributed by atoms with Gasteiger partial charge in [0.15, 0.2) is 9.84 Å². The summed E-state index contributed by atoms with van der Waals surface area (Å²) in [7, 11) is -3.35. The maximum atomic E-state index is 11.7. The number of para-hydroxylation sites is 1. The van der Waals surface area contributed by atoms with Crippen molar-refractivity contribution >= 4 is 26.8 Å². The first-order valence-corrected chi connectivity index (χ1v) is 7.68. The molecule has 19 heavy (non-hydrogen) atoms. The van der Waals surface area contributed by atoms with Crippen molar-refractivity contribution < 1.29 is 18.3 Å². The van der Waals surface area contributed by atoms with E-state index in [-0.39, 0.29) is 10.8 Å². The van der Waals surface area contributed by atoms with Crippen molar-refractivity contribution in [3.8, 4) is 0 Å². The van der Waals surface area contributed by atoms with Gasteiger partial charge in [0.1, 0.15) is 11.3 Å². The lowest BCUT2D eigenvalue weighted by atomic mass is 10.3. The minimum Gasteiger partial charge on any atom is -0.481 e. The smallest absolute Gasteiger partial charge is 0.307 e.